The lowest BCUT2D eigenvalue weighted by Gasteiger charge is -2.32. The molecule has 4 nitrogen and oxygen atoms in total. The minimum absolute atomic E-state index is 0.0491. The van der Waals surface area contributed by atoms with Crippen LogP contribution in [0.5, 0.6) is 5.75 Å². The molecule has 6 heteroatoms. The molecule has 0 saturated carbocycles. The predicted molar refractivity (Wildman–Crippen MR) is 66.6 cm³/mol. The number of nitrogens with zero attached hydrogens (tertiary/aromatic N) is 1. The molecule has 1 aromatic heterocycles. The van der Waals surface area contributed by atoms with Crippen molar-refractivity contribution < 1.29 is 14.4 Å². The van der Waals surface area contributed by atoms with Crippen molar-refractivity contribution in [3.05, 3.63) is 17.3 Å². The van der Waals surface area contributed by atoms with Crippen LogP contribution in [0.3, 0.4) is 0 Å². The molecule has 2 rings (SSSR count). The summed E-state index contributed by atoms with van der Waals surface area (Å²) in [6.07, 6.45) is 0. The largest absolute Gasteiger partial charge is 0.514 e. The van der Waals surface area contributed by atoms with Crippen LogP contribution in [0.4, 0.5) is 0 Å². The Balaban J connectivity index is 2.29. The molecular weight excluding hydrogens is 240 g/mol. The van der Waals surface area contributed by atoms with Crippen molar-refractivity contribution in [2.75, 3.05) is 0 Å². The topological polar surface area (TPSA) is 51.6 Å². The Morgan fingerprint density at radius 2 is 1.71 bits per heavy atom. The van der Waals surface area contributed by atoms with Gasteiger partial charge in [0.15, 0.2) is 10.9 Å². The van der Waals surface area contributed by atoms with Gasteiger partial charge < -0.3 is 14.4 Å². The molecule has 2 heterocycles. The molecule has 0 unspecified atom stereocenters. The van der Waals surface area contributed by atoms with Crippen LogP contribution in [0, 0.1) is 0 Å². The molecule has 1 aliphatic heterocycles. The Morgan fingerprint density at radius 3 is 2.18 bits per heavy atom. The second-order valence-electron chi connectivity index (χ2n) is 5.13. The molecule has 1 N–H and O–H groups in total. The van der Waals surface area contributed by atoms with Crippen molar-refractivity contribution in [1.82, 2.24) is 4.98 Å². The van der Waals surface area contributed by atoms with Crippen LogP contribution >= 0.6 is 11.6 Å². The zero-order valence-corrected chi connectivity index (χ0v) is 11.1. The van der Waals surface area contributed by atoms with E-state index in [1.165, 1.54) is 6.07 Å². The van der Waals surface area contributed by atoms with Gasteiger partial charge in [0.05, 0.1) is 16.8 Å². The fourth-order valence-electron chi connectivity index (χ4n) is 1.54. The Morgan fingerprint density at radius 1 is 1.18 bits per heavy atom. The number of hydrogen-bond donors (Lipinski definition) is 1. The molecule has 0 radical (unpaired) electrons. The number of aromatic nitrogens is 1. The van der Waals surface area contributed by atoms with E-state index in [4.69, 9.17) is 20.9 Å². The smallest absolute Gasteiger partial charge is 0.505 e. The van der Waals surface area contributed by atoms with E-state index in [0.29, 0.717) is 5.59 Å². The summed E-state index contributed by atoms with van der Waals surface area (Å²) >= 11 is 5.76. The van der Waals surface area contributed by atoms with E-state index in [2.05, 4.69) is 4.98 Å². The van der Waals surface area contributed by atoms with Gasteiger partial charge in [-0.15, -0.1) is 0 Å². The quantitative estimate of drug-likeness (QED) is 0.613. The van der Waals surface area contributed by atoms with Crippen molar-refractivity contribution >= 4 is 24.3 Å². The van der Waals surface area contributed by atoms with Gasteiger partial charge in [0, 0.05) is 0 Å². The summed E-state index contributed by atoms with van der Waals surface area (Å²) in [4.78, 5) is 4.05. The number of hydrogen-bond acceptors (Lipinski definition) is 4. The molecule has 0 amide bonds. The second-order valence-corrected chi connectivity index (χ2v) is 5.49. The lowest BCUT2D eigenvalue weighted by Crippen LogP contribution is -2.41. The van der Waals surface area contributed by atoms with E-state index in [0.717, 1.165) is 0 Å². The Bertz CT molecular complexity index is 434. The van der Waals surface area contributed by atoms with E-state index in [1.807, 2.05) is 27.7 Å². The van der Waals surface area contributed by atoms with Crippen LogP contribution in [-0.2, 0) is 9.31 Å². The molecule has 0 atom stereocenters. The first-order valence-electron chi connectivity index (χ1n) is 5.44. The zero-order chi connectivity index (χ0) is 12.8. The van der Waals surface area contributed by atoms with Gasteiger partial charge in [-0.3, -0.25) is 0 Å². The van der Waals surface area contributed by atoms with E-state index < -0.39 is 18.3 Å². The normalized spacial score (nSPS) is 21.8. The van der Waals surface area contributed by atoms with Gasteiger partial charge in [0.1, 0.15) is 0 Å². The highest BCUT2D eigenvalue weighted by atomic mass is 35.5. The van der Waals surface area contributed by atoms with Crippen LogP contribution in [0.25, 0.3) is 0 Å². The van der Waals surface area contributed by atoms with Crippen molar-refractivity contribution in [2.24, 2.45) is 0 Å². The first kappa shape index (κ1) is 12.7. The lowest BCUT2D eigenvalue weighted by molar-refractivity contribution is 0.00578. The van der Waals surface area contributed by atoms with Gasteiger partial charge in [-0.2, -0.15) is 0 Å². The second kappa shape index (κ2) is 3.87. The maximum atomic E-state index is 9.32. The minimum atomic E-state index is -0.557. The molecule has 1 aliphatic rings. The third kappa shape index (κ3) is 2.15. The molecule has 17 heavy (non-hydrogen) atoms. The third-order valence-electron chi connectivity index (χ3n) is 3.35. The predicted octanol–water partition coefficient (Wildman–Crippen LogP) is 1.74. The highest BCUT2D eigenvalue weighted by Gasteiger charge is 2.52. The van der Waals surface area contributed by atoms with Crippen LogP contribution in [-0.4, -0.2) is 28.4 Å². The Hall–Kier alpha value is -0.775. The van der Waals surface area contributed by atoms with Crippen molar-refractivity contribution in [3.8, 4) is 5.75 Å². The molecule has 92 valence electrons. The van der Waals surface area contributed by atoms with Gasteiger partial charge in [0.25, 0.3) is 0 Å². The maximum Gasteiger partial charge on any atom is 0.514 e. The van der Waals surface area contributed by atoms with E-state index in [1.54, 1.807) is 6.07 Å². The van der Waals surface area contributed by atoms with Crippen LogP contribution in [0.2, 0.25) is 5.15 Å². The fraction of sp³-hybridized carbons (Fsp3) is 0.545. The summed E-state index contributed by atoms with van der Waals surface area (Å²) in [6.45, 7) is 7.87. The third-order valence-corrected chi connectivity index (χ3v) is 3.62. The first-order chi connectivity index (χ1) is 7.73. The van der Waals surface area contributed by atoms with Crippen molar-refractivity contribution in [3.63, 3.8) is 0 Å². The van der Waals surface area contributed by atoms with E-state index in [9.17, 15) is 5.11 Å². The van der Waals surface area contributed by atoms with Gasteiger partial charge >= 0.3 is 7.12 Å². The molecule has 0 bridgehead atoms. The van der Waals surface area contributed by atoms with Gasteiger partial charge in [-0.05, 0) is 39.8 Å². The SMILES string of the molecule is CC1(C)OB(c2ccc(O)c(Cl)n2)OC1(C)C. The molecule has 0 aliphatic carbocycles. The maximum absolute atomic E-state index is 9.32. The molecule has 1 fully saturated rings. The van der Waals surface area contributed by atoms with Gasteiger partial charge in [-0.1, -0.05) is 11.6 Å². The fourth-order valence-corrected chi connectivity index (χ4v) is 1.70. The molecule has 0 spiro atoms. The van der Waals surface area contributed by atoms with Crippen LogP contribution in [0.1, 0.15) is 27.7 Å². The molecule has 1 aromatic rings. The summed E-state index contributed by atoms with van der Waals surface area (Å²) in [7, 11) is -0.557. The number of aromatic hydroxyl groups is 1. The van der Waals surface area contributed by atoms with E-state index in [-0.39, 0.29) is 10.9 Å². The minimum Gasteiger partial charge on any atom is -0.505 e. The summed E-state index contributed by atoms with van der Waals surface area (Å²) in [5.41, 5.74) is -0.264. The van der Waals surface area contributed by atoms with Crippen LogP contribution in [0.15, 0.2) is 12.1 Å². The zero-order valence-electron chi connectivity index (χ0n) is 10.3. The van der Waals surface area contributed by atoms with Crippen LogP contribution < -0.4 is 5.59 Å². The highest BCUT2D eigenvalue weighted by molar-refractivity contribution is 6.61. The number of halogens is 1. The lowest BCUT2D eigenvalue weighted by atomic mass is 9.84. The summed E-state index contributed by atoms with van der Waals surface area (Å²) in [6, 6.07) is 3.12. The standard InChI is InChI=1S/C11H15BClNO3/c1-10(2)11(3,4)17-12(16-10)8-6-5-7(15)9(13)14-8/h5-6,15H,1-4H3. The molecular formula is C11H15BClNO3. The first-order valence-corrected chi connectivity index (χ1v) is 5.82. The Labute approximate surface area is 106 Å². The summed E-state index contributed by atoms with van der Waals surface area (Å²) in [5.74, 6) is -0.0491. The van der Waals surface area contributed by atoms with Crippen molar-refractivity contribution in [1.29, 1.82) is 0 Å². The molecule has 0 aromatic carbocycles. The number of pyridine rings is 1. The van der Waals surface area contributed by atoms with Crippen molar-refractivity contribution in [2.45, 2.75) is 38.9 Å². The molecule has 1 saturated heterocycles. The summed E-state index contributed by atoms with van der Waals surface area (Å²) < 4.78 is 11.6. The average molecular weight is 256 g/mol. The van der Waals surface area contributed by atoms with Gasteiger partial charge in [-0.25, -0.2) is 4.98 Å². The van der Waals surface area contributed by atoms with E-state index >= 15 is 0 Å². The monoisotopic (exact) mass is 255 g/mol. The van der Waals surface area contributed by atoms with Gasteiger partial charge in [0.2, 0.25) is 0 Å². The highest BCUT2D eigenvalue weighted by Crippen LogP contribution is 2.36. The summed E-state index contributed by atoms with van der Waals surface area (Å²) in [5, 5.41) is 9.37. The average Bonchev–Trinajstić information content (AvgIpc) is 2.41. The Kier molecular flexibility index (Phi) is 2.88. The number of rotatable bonds is 1.